The number of benzene rings is 1. The van der Waals surface area contributed by atoms with Crippen LogP contribution in [0.5, 0.6) is 0 Å². The molecule has 1 amide bonds. The summed E-state index contributed by atoms with van der Waals surface area (Å²) in [7, 11) is 0. The normalized spacial score (nSPS) is 11.2. The van der Waals surface area contributed by atoms with E-state index in [0.717, 1.165) is 40.8 Å². The Bertz CT molecular complexity index is 1020. The lowest BCUT2D eigenvalue weighted by molar-refractivity contribution is -0.120. The Kier molecular flexibility index (Phi) is 4.16. The highest BCUT2D eigenvalue weighted by Crippen LogP contribution is 2.17. The van der Waals surface area contributed by atoms with E-state index < -0.39 is 0 Å². The Hall–Kier alpha value is -3.15. The van der Waals surface area contributed by atoms with Gasteiger partial charge in [0.25, 0.3) is 0 Å². The van der Waals surface area contributed by atoms with E-state index >= 15 is 0 Å². The van der Waals surface area contributed by atoms with Crippen molar-refractivity contribution in [3.63, 3.8) is 0 Å². The van der Waals surface area contributed by atoms with Crippen molar-refractivity contribution in [3.05, 3.63) is 66.2 Å². The number of carbonyl (C=O) groups excluding carboxylic acids is 1. The van der Waals surface area contributed by atoms with E-state index in [0.29, 0.717) is 13.0 Å². The Labute approximate surface area is 144 Å². The summed E-state index contributed by atoms with van der Waals surface area (Å²) >= 11 is 0. The summed E-state index contributed by atoms with van der Waals surface area (Å²) in [6.45, 7) is 0.628. The maximum Gasteiger partial charge on any atom is 0.224 e. The molecule has 0 saturated carbocycles. The predicted molar refractivity (Wildman–Crippen MR) is 96.3 cm³/mol. The SMILES string of the molecule is O=C(Cc1c[nH]c2ccccc12)NCCCc1nnc2ccccn12. The number of aryl methyl sites for hydroxylation is 1. The summed E-state index contributed by atoms with van der Waals surface area (Å²) in [6.07, 6.45) is 5.86. The van der Waals surface area contributed by atoms with E-state index in [1.807, 2.05) is 59.3 Å². The van der Waals surface area contributed by atoms with E-state index in [2.05, 4.69) is 20.5 Å². The molecule has 3 aromatic heterocycles. The molecule has 0 fully saturated rings. The van der Waals surface area contributed by atoms with Crippen LogP contribution in [0.3, 0.4) is 0 Å². The van der Waals surface area contributed by atoms with Crippen LogP contribution in [0.2, 0.25) is 0 Å². The first-order valence-electron chi connectivity index (χ1n) is 8.41. The molecular formula is C19H19N5O. The van der Waals surface area contributed by atoms with Crippen LogP contribution in [0, 0.1) is 0 Å². The van der Waals surface area contributed by atoms with E-state index in [1.54, 1.807) is 0 Å². The molecule has 2 N–H and O–H groups in total. The van der Waals surface area contributed by atoms with Crippen LogP contribution in [0.1, 0.15) is 17.8 Å². The molecule has 4 aromatic rings. The fourth-order valence-electron chi connectivity index (χ4n) is 3.05. The highest BCUT2D eigenvalue weighted by Gasteiger charge is 2.09. The number of aromatic amines is 1. The third-order valence-corrected chi connectivity index (χ3v) is 4.31. The zero-order chi connectivity index (χ0) is 17.1. The van der Waals surface area contributed by atoms with Gasteiger partial charge in [0.15, 0.2) is 5.65 Å². The first-order chi connectivity index (χ1) is 12.3. The van der Waals surface area contributed by atoms with Crippen molar-refractivity contribution in [2.45, 2.75) is 19.3 Å². The van der Waals surface area contributed by atoms with Crippen LogP contribution in [0.25, 0.3) is 16.6 Å². The Balaban J connectivity index is 1.29. The molecule has 126 valence electrons. The fraction of sp³-hybridized carbons (Fsp3) is 0.211. The van der Waals surface area contributed by atoms with Crippen molar-refractivity contribution in [2.24, 2.45) is 0 Å². The predicted octanol–water partition coefficient (Wildman–Crippen LogP) is 2.50. The molecule has 0 radical (unpaired) electrons. The molecule has 0 saturated heterocycles. The van der Waals surface area contributed by atoms with Gasteiger partial charge in [-0.2, -0.15) is 0 Å². The lowest BCUT2D eigenvalue weighted by Gasteiger charge is -2.04. The molecule has 6 heteroatoms. The van der Waals surface area contributed by atoms with Gasteiger partial charge in [0, 0.05) is 36.3 Å². The molecule has 4 rings (SSSR count). The standard InChI is InChI=1S/C19H19N5O/c25-19(12-14-13-21-16-7-2-1-6-15(14)16)20-10-5-9-18-23-22-17-8-3-4-11-24(17)18/h1-4,6-8,11,13,21H,5,9-10,12H2,(H,20,25). The van der Waals surface area contributed by atoms with E-state index in [9.17, 15) is 4.79 Å². The number of hydrogen-bond acceptors (Lipinski definition) is 3. The Morgan fingerprint density at radius 3 is 2.96 bits per heavy atom. The third kappa shape index (κ3) is 3.24. The summed E-state index contributed by atoms with van der Waals surface area (Å²) in [5.74, 6) is 0.956. The topological polar surface area (TPSA) is 75.1 Å². The second-order valence-electron chi connectivity index (χ2n) is 6.03. The minimum absolute atomic E-state index is 0.0378. The monoisotopic (exact) mass is 333 g/mol. The number of pyridine rings is 1. The molecule has 0 spiro atoms. The van der Waals surface area contributed by atoms with Gasteiger partial charge in [-0.3, -0.25) is 9.20 Å². The van der Waals surface area contributed by atoms with Crippen LogP contribution < -0.4 is 5.32 Å². The average Bonchev–Trinajstić information content (AvgIpc) is 3.24. The lowest BCUT2D eigenvalue weighted by Crippen LogP contribution is -2.26. The summed E-state index contributed by atoms with van der Waals surface area (Å²) in [5.41, 5.74) is 2.93. The van der Waals surface area contributed by atoms with E-state index in [-0.39, 0.29) is 5.91 Å². The molecule has 1 aromatic carbocycles. The number of para-hydroxylation sites is 1. The highest BCUT2D eigenvalue weighted by molar-refractivity contribution is 5.88. The van der Waals surface area contributed by atoms with Crippen molar-refractivity contribution >= 4 is 22.5 Å². The van der Waals surface area contributed by atoms with Gasteiger partial charge >= 0.3 is 0 Å². The first kappa shape index (κ1) is 15.4. The van der Waals surface area contributed by atoms with Crippen molar-refractivity contribution < 1.29 is 4.79 Å². The smallest absolute Gasteiger partial charge is 0.224 e. The molecule has 25 heavy (non-hydrogen) atoms. The van der Waals surface area contributed by atoms with Gasteiger partial charge in [-0.05, 0) is 30.2 Å². The molecular weight excluding hydrogens is 314 g/mol. The number of H-pyrrole nitrogens is 1. The van der Waals surface area contributed by atoms with Crippen molar-refractivity contribution in [3.8, 4) is 0 Å². The van der Waals surface area contributed by atoms with Crippen LogP contribution in [0.4, 0.5) is 0 Å². The van der Waals surface area contributed by atoms with Gasteiger partial charge in [-0.15, -0.1) is 10.2 Å². The average molecular weight is 333 g/mol. The summed E-state index contributed by atoms with van der Waals surface area (Å²) in [6, 6.07) is 13.9. The van der Waals surface area contributed by atoms with Gasteiger partial charge in [-0.25, -0.2) is 0 Å². The van der Waals surface area contributed by atoms with Crippen molar-refractivity contribution in [1.29, 1.82) is 0 Å². The summed E-state index contributed by atoms with van der Waals surface area (Å²) in [5, 5.41) is 12.4. The van der Waals surface area contributed by atoms with E-state index in [4.69, 9.17) is 0 Å². The highest BCUT2D eigenvalue weighted by atomic mass is 16.1. The molecule has 0 aliphatic heterocycles. The number of hydrogen-bond donors (Lipinski definition) is 2. The maximum absolute atomic E-state index is 12.2. The number of aromatic nitrogens is 4. The van der Waals surface area contributed by atoms with Gasteiger partial charge in [-0.1, -0.05) is 24.3 Å². The van der Waals surface area contributed by atoms with Gasteiger partial charge < -0.3 is 10.3 Å². The number of carbonyl (C=O) groups is 1. The largest absolute Gasteiger partial charge is 0.361 e. The maximum atomic E-state index is 12.2. The molecule has 0 bridgehead atoms. The first-order valence-corrected chi connectivity index (χ1v) is 8.41. The number of nitrogens with zero attached hydrogens (tertiary/aromatic N) is 3. The van der Waals surface area contributed by atoms with Crippen molar-refractivity contribution in [1.82, 2.24) is 24.9 Å². The number of fused-ring (bicyclic) bond motifs is 2. The fourth-order valence-corrected chi connectivity index (χ4v) is 3.05. The summed E-state index contributed by atoms with van der Waals surface area (Å²) in [4.78, 5) is 15.4. The molecule has 3 heterocycles. The van der Waals surface area contributed by atoms with Crippen molar-refractivity contribution in [2.75, 3.05) is 6.54 Å². The Morgan fingerprint density at radius 1 is 1.12 bits per heavy atom. The van der Waals surface area contributed by atoms with Gasteiger partial charge in [0.1, 0.15) is 5.82 Å². The number of nitrogens with one attached hydrogen (secondary N) is 2. The molecule has 0 unspecified atom stereocenters. The molecule has 6 nitrogen and oxygen atoms in total. The van der Waals surface area contributed by atoms with Crippen LogP contribution in [0.15, 0.2) is 54.9 Å². The second-order valence-corrected chi connectivity index (χ2v) is 6.03. The quantitative estimate of drug-likeness (QED) is 0.532. The zero-order valence-electron chi connectivity index (χ0n) is 13.8. The minimum Gasteiger partial charge on any atom is -0.361 e. The minimum atomic E-state index is 0.0378. The second kappa shape index (κ2) is 6.76. The number of rotatable bonds is 6. The van der Waals surface area contributed by atoms with E-state index in [1.165, 1.54) is 0 Å². The zero-order valence-corrected chi connectivity index (χ0v) is 13.8. The van der Waals surface area contributed by atoms with Crippen LogP contribution >= 0.6 is 0 Å². The summed E-state index contributed by atoms with van der Waals surface area (Å²) < 4.78 is 1.98. The number of amides is 1. The Morgan fingerprint density at radius 2 is 2.00 bits per heavy atom. The van der Waals surface area contributed by atoms with Crippen LogP contribution in [-0.2, 0) is 17.6 Å². The molecule has 0 aliphatic carbocycles. The molecule has 0 atom stereocenters. The third-order valence-electron chi connectivity index (χ3n) is 4.31. The van der Waals surface area contributed by atoms with Gasteiger partial charge in [0.05, 0.1) is 6.42 Å². The molecule has 0 aliphatic rings. The van der Waals surface area contributed by atoms with Gasteiger partial charge in [0.2, 0.25) is 5.91 Å². The van der Waals surface area contributed by atoms with Crippen LogP contribution in [-0.4, -0.2) is 32.0 Å². The lowest BCUT2D eigenvalue weighted by atomic mass is 10.1.